The average molecular weight is 247 g/mol. The third-order valence-electron chi connectivity index (χ3n) is 4.46. The summed E-state index contributed by atoms with van der Waals surface area (Å²) in [7, 11) is 1.68. The summed E-state index contributed by atoms with van der Waals surface area (Å²) in [4.78, 5) is 2.44. The molecule has 0 aromatic heterocycles. The largest absolute Gasteiger partial charge is 0.497 e. The van der Waals surface area contributed by atoms with Gasteiger partial charge in [0.05, 0.1) is 12.7 Å². The second kappa shape index (κ2) is 4.56. The van der Waals surface area contributed by atoms with Gasteiger partial charge in [0.2, 0.25) is 0 Å². The SMILES string of the molecule is COc1cccc(CC2(O)CCN3CCCC32)c1. The molecule has 2 atom stereocenters. The molecule has 0 saturated carbocycles. The number of aliphatic hydroxyl groups is 1. The highest BCUT2D eigenvalue weighted by Crippen LogP contribution is 2.38. The van der Waals surface area contributed by atoms with Crippen molar-refractivity contribution >= 4 is 0 Å². The lowest BCUT2D eigenvalue weighted by Gasteiger charge is -2.30. The van der Waals surface area contributed by atoms with Crippen LogP contribution in [-0.4, -0.2) is 41.8 Å². The van der Waals surface area contributed by atoms with Gasteiger partial charge in [-0.3, -0.25) is 4.90 Å². The van der Waals surface area contributed by atoms with Crippen molar-refractivity contribution in [1.29, 1.82) is 0 Å². The summed E-state index contributed by atoms with van der Waals surface area (Å²) < 4.78 is 5.25. The van der Waals surface area contributed by atoms with E-state index in [1.54, 1.807) is 7.11 Å². The van der Waals surface area contributed by atoms with Gasteiger partial charge in [-0.15, -0.1) is 0 Å². The van der Waals surface area contributed by atoms with Crippen molar-refractivity contribution in [2.75, 3.05) is 20.2 Å². The van der Waals surface area contributed by atoms with Crippen LogP contribution in [0.1, 0.15) is 24.8 Å². The molecule has 2 aliphatic heterocycles. The molecular formula is C15H21NO2. The van der Waals surface area contributed by atoms with Crippen LogP contribution in [-0.2, 0) is 6.42 Å². The number of methoxy groups -OCH3 is 1. The predicted molar refractivity (Wildman–Crippen MR) is 70.9 cm³/mol. The van der Waals surface area contributed by atoms with E-state index < -0.39 is 5.60 Å². The Hall–Kier alpha value is -1.06. The fraction of sp³-hybridized carbons (Fsp3) is 0.600. The minimum Gasteiger partial charge on any atom is -0.497 e. The molecule has 98 valence electrons. The fourth-order valence-corrected chi connectivity index (χ4v) is 3.55. The Morgan fingerprint density at radius 3 is 3.17 bits per heavy atom. The van der Waals surface area contributed by atoms with E-state index in [0.29, 0.717) is 6.04 Å². The quantitative estimate of drug-likeness (QED) is 0.884. The van der Waals surface area contributed by atoms with Crippen LogP contribution in [0.4, 0.5) is 0 Å². The molecule has 2 unspecified atom stereocenters. The molecule has 0 amide bonds. The van der Waals surface area contributed by atoms with Crippen molar-refractivity contribution < 1.29 is 9.84 Å². The van der Waals surface area contributed by atoms with Crippen LogP contribution in [0.25, 0.3) is 0 Å². The zero-order valence-electron chi connectivity index (χ0n) is 10.9. The highest BCUT2D eigenvalue weighted by Gasteiger charge is 2.47. The van der Waals surface area contributed by atoms with Crippen LogP contribution in [0, 0.1) is 0 Å². The summed E-state index contributed by atoms with van der Waals surface area (Å²) in [6.07, 6.45) is 4.01. The van der Waals surface area contributed by atoms with Gasteiger partial charge in [-0.2, -0.15) is 0 Å². The van der Waals surface area contributed by atoms with E-state index in [4.69, 9.17) is 4.74 Å². The van der Waals surface area contributed by atoms with Gasteiger partial charge in [0.25, 0.3) is 0 Å². The molecule has 3 nitrogen and oxygen atoms in total. The van der Waals surface area contributed by atoms with Gasteiger partial charge in [0, 0.05) is 19.0 Å². The van der Waals surface area contributed by atoms with Crippen LogP contribution in [0.3, 0.4) is 0 Å². The van der Waals surface area contributed by atoms with Crippen LogP contribution in [0.15, 0.2) is 24.3 Å². The maximum absolute atomic E-state index is 10.9. The third kappa shape index (κ3) is 2.02. The van der Waals surface area contributed by atoms with Crippen molar-refractivity contribution in [3.63, 3.8) is 0 Å². The number of nitrogens with zero attached hydrogens (tertiary/aromatic N) is 1. The summed E-state index contributed by atoms with van der Waals surface area (Å²) in [6, 6.07) is 8.43. The summed E-state index contributed by atoms with van der Waals surface area (Å²) in [5, 5.41) is 10.9. The molecule has 0 radical (unpaired) electrons. The van der Waals surface area contributed by atoms with Gasteiger partial charge in [-0.25, -0.2) is 0 Å². The Labute approximate surface area is 108 Å². The highest BCUT2D eigenvalue weighted by atomic mass is 16.5. The number of fused-ring (bicyclic) bond motifs is 1. The van der Waals surface area contributed by atoms with Gasteiger partial charge >= 0.3 is 0 Å². The van der Waals surface area contributed by atoms with E-state index in [1.165, 1.54) is 12.0 Å². The van der Waals surface area contributed by atoms with Crippen molar-refractivity contribution in [2.45, 2.75) is 37.3 Å². The molecule has 0 spiro atoms. The van der Waals surface area contributed by atoms with E-state index >= 15 is 0 Å². The fourth-order valence-electron chi connectivity index (χ4n) is 3.55. The summed E-state index contributed by atoms with van der Waals surface area (Å²) in [5.41, 5.74) is 0.633. The van der Waals surface area contributed by atoms with Crippen LogP contribution in [0.5, 0.6) is 5.75 Å². The van der Waals surface area contributed by atoms with E-state index in [9.17, 15) is 5.11 Å². The zero-order chi connectivity index (χ0) is 12.6. The Bertz CT molecular complexity index is 434. The van der Waals surface area contributed by atoms with E-state index in [2.05, 4.69) is 11.0 Å². The van der Waals surface area contributed by atoms with E-state index in [1.807, 2.05) is 18.2 Å². The Morgan fingerprint density at radius 2 is 2.33 bits per heavy atom. The number of rotatable bonds is 3. The maximum Gasteiger partial charge on any atom is 0.119 e. The van der Waals surface area contributed by atoms with Crippen LogP contribution >= 0.6 is 0 Å². The van der Waals surface area contributed by atoms with Crippen LogP contribution < -0.4 is 4.74 Å². The lowest BCUT2D eigenvalue weighted by Crippen LogP contribution is -2.42. The molecular weight excluding hydrogens is 226 g/mol. The zero-order valence-corrected chi connectivity index (χ0v) is 10.9. The standard InChI is InChI=1S/C15H21NO2/c1-18-13-5-2-4-12(10-13)11-15(17)7-9-16-8-3-6-14(15)16/h2,4-5,10,14,17H,3,6-9,11H2,1H3. The molecule has 0 bridgehead atoms. The van der Waals surface area contributed by atoms with E-state index in [0.717, 1.165) is 38.1 Å². The Balaban J connectivity index is 1.78. The highest BCUT2D eigenvalue weighted by molar-refractivity contribution is 5.30. The minimum atomic E-state index is -0.539. The Kier molecular flexibility index (Phi) is 3.04. The molecule has 1 aromatic rings. The number of benzene rings is 1. The van der Waals surface area contributed by atoms with Crippen molar-refractivity contribution in [3.8, 4) is 5.75 Å². The molecule has 1 N–H and O–H groups in total. The van der Waals surface area contributed by atoms with E-state index in [-0.39, 0.29) is 0 Å². The molecule has 2 saturated heterocycles. The summed E-state index contributed by atoms with van der Waals surface area (Å²) in [5.74, 6) is 0.873. The number of hydrogen-bond donors (Lipinski definition) is 1. The molecule has 0 aliphatic carbocycles. The molecule has 18 heavy (non-hydrogen) atoms. The average Bonchev–Trinajstić information content (AvgIpc) is 2.95. The molecule has 2 aliphatic rings. The first-order valence-electron chi connectivity index (χ1n) is 6.81. The summed E-state index contributed by atoms with van der Waals surface area (Å²) in [6.45, 7) is 2.20. The second-order valence-electron chi connectivity index (χ2n) is 5.58. The topological polar surface area (TPSA) is 32.7 Å². The lowest BCUT2D eigenvalue weighted by atomic mass is 9.86. The third-order valence-corrected chi connectivity index (χ3v) is 4.46. The normalized spacial score (nSPS) is 31.6. The van der Waals surface area contributed by atoms with Crippen molar-refractivity contribution in [3.05, 3.63) is 29.8 Å². The van der Waals surface area contributed by atoms with Gasteiger partial charge < -0.3 is 9.84 Å². The van der Waals surface area contributed by atoms with Crippen molar-refractivity contribution in [1.82, 2.24) is 4.90 Å². The maximum atomic E-state index is 10.9. The number of ether oxygens (including phenoxy) is 1. The predicted octanol–water partition coefficient (Wildman–Crippen LogP) is 1.84. The summed E-state index contributed by atoms with van der Waals surface area (Å²) >= 11 is 0. The monoisotopic (exact) mass is 247 g/mol. The Morgan fingerprint density at radius 1 is 1.44 bits per heavy atom. The van der Waals surface area contributed by atoms with Crippen LogP contribution in [0.2, 0.25) is 0 Å². The molecule has 2 heterocycles. The molecule has 3 rings (SSSR count). The second-order valence-corrected chi connectivity index (χ2v) is 5.58. The van der Waals surface area contributed by atoms with Crippen molar-refractivity contribution in [2.24, 2.45) is 0 Å². The molecule has 2 fully saturated rings. The number of hydrogen-bond acceptors (Lipinski definition) is 3. The smallest absolute Gasteiger partial charge is 0.119 e. The first kappa shape index (κ1) is 12.0. The first-order chi connectivity index (χ1) is 8.71. The van der Waals surface area contributed by atoms with Gasteiger partial charge in [-0.1, -0.05) is 12.1 Å². The van der Waals surface area contributed by atoms with Gasteiger partial charge in [-0.05, 0) is 43.5 Å². The minimum absolute atomic E-state index is 0.365. The lowest BCUT2D eigenvalue weighted by molar-refractivity contribution is 0.0140. The molecule has 3 heteroatoms. The molecule has 1 aromatic carbocycles. The first-order valence-corrected chi connectivity index (χ1v) is 6.81. The van der Waals surface area contributed by atoms with Gasteiger partial charge in [0.1, 0.15) is 5.75 Å². The van der Waals surface area contributed by atoms with Gasteiger partial charge in [0.15, 0.2) is 0 Å².